The lowest BCUT2D eigenvalue weighted by Crippen LogP contribution is -2.45. The molecule has 5 heteroatoms. The first kappa shape index (κ1) is 28.9. The highest BCUT2D eigenvalue weighted by Crippen LogP contribution is 2.50. The first-order chi connectivity index (χ1) is 15.9. The van der Waals surface area contributed by atoms with Crippen molar-refractivity contribution in [2.45, 2.75) is 110 Å². The Balaban J connectivity index is 2.09. The van der Waals surface area contributed by atoms with Crippen LogP contribution in [0.15, 0.2) is 23.8 Å². The lowest BCUT2D eigenvalue weighted by atomic mass is 9.89. The summed E-state index contributed by atoms with van der Waals surface area (Å²) in [5.74, 6) is 7.66. The summed E-state index contributed by atoms with van der Waals surface area (Å²) in [5.41, 5.74) is 1.49. The van der Waals surface area contributed by atoms with Crippen LogP contribution in [0.1, 0.15) is 79.6 Å². The molecule has 2 fully saturated rings. The molecule has 0 amide bonds. The van der Waals surface area contributed by atoms with Crippen molar-refractivity contribution in [1.82, 2.24) is 0 Å². The van der Waals surface area contributed by atoms with Gasteiger partial charge >= 0.3 is 5.97 Å². The lowest BCUT2D eigenvalue weighted by Gasteiger charge is -2.40. The van der Waals surface area contributed by atoms with Crippen molar-refractivity contribution >= 4 is 14.3 Å². The summed E-state index contributed by atoms with van der Waals surface area (Å²) >= 11 is 0. The lowest BCUT2D eigenvalue weighted by molar-refractivity contribution is -0.140. The summed E-state index contributed by atoms with van der Waals surface area (Å²) < 4.78 is 11.6. The van der Waals surface area contributed by atoms with Crippen LogP contribution in [0.4, 0.5) is 0 Å². The molecule has 34 heavy (non-hydrogen) atoms. The van der Waals surface area contributed by atoms with E-state index in [4.69, 9.17) is 9.16 Å². The van der Waals surface area contributed by atoms with Crippen LogP contribution >= 0.6 is 0 Å². The van der Waals surface area contributed by atoms with Gasteiger partial charge in [-0.2, -0.15) is 0 Å². The Morgan fingerprint density at radius 3 is 2.62 bits per heavy atom. The van der Waals surface area contributed by atoms with Gasteiger partial charge in [-0.1, -0.05) is 51.5 Å². The average Bonchev–Trinajstić information content (AvgIpc) is 3.27. The van der Waals surface area contributed by atoms with Gasteiger partial charge in [0, 0.05) is 18.8 Å². The smallest absolute Gasteiger partial charge is 0.305 e. The van der Waals surface area contributed by atoms with E-state index in [9.17, 15) is 9.90 Å². The molecule has 0 aromatic rings. The number of carbonyl (C=O) groups excluding carboxylic acids is 1. The van der Waals surface area contributed by atoms with E-state index in [0.29, 0.717) is 24.2 Å². The third kappa shape index (κ3) is 7.83. The summed E-state index contributed by atoms with van der Waals surface area (Å²) in [6.07, 6.45) is 12.6. The standard InChI is InChI=1S/C29H48O4Si/c1-9-10-13-21(2)27(33-34(7,8)29(3,4)5)17-16-24-25-19-22(18-23(25)20-26(24)30)14-11-12-15-28(31)32-6/h14,16-17,21,23-27,30H,11-13,15,18-20H2,1-8H3/b17-16+,22-14+/t21-,23-,24+,25-,26+,27+/m0/s1. The van der Waals surface area contributed by atoms with Crippen molar-refractivity contribution in [3.8, 4) is 11.8 Å². The summed E-state index contributed by atoms with van der Waals surface area (Å²) in [6.45, 7) is 15.6. The van der Waals surface area contributed by atoms with Crippen molar-refractivity contribution in [2.75, 3.05) is 7.11 Å². The van der Waals surface area contributed by atoms with Crippen LogP contribution in [-0.2, 0) is 14.0 Å². The Bertz CT molecular complexity index is 795. The number of ether oxygens (including phenoxy) is 1. The molecular weight excluding hydrogens is 440 g/mol. The molecule has 0 heterocycles. The van der Waals surface area contributed by atoms with E-state index in [2.05, 4.69) is 70.9 Å². The quantitative estimate of drug-likeness (QED) is 0.123. The summed E-state index contributed by atoms with van der Waals surface area (Å²) in [7, 11) is -0.493. The van der Waals surface area contributed by atoms with E-state index in [1.165, 1.54) is 12.7 Å². The van der Waals surface area contributed by atoms with Crippen LogP contribution in [0.5, 0.6) is 0 Å². The van der Waals surface area contributed by atoms with Gasteiger partial charge in [0.15, 0.2) is 8.32 Å². The zero-order valence-corrected chi connectivity index (χ0v) is 23.8. The van der Waals surface area contributed by atoms with Crippen molar-refractivity contribution < 1.29 is 19.1 Å². The predicted molar refractivity (Wildman–Crippen MR) is 143 cm³/mol. The van der Waals surface area contributed by atoms with Gasteiger partial charge < -0.3 is 14.3 Å². The molecule has 0 aromatic heterocycles. The van der Waals surface area contributed by atoms with Crippen molar-refractivity contribution in [1.29, 1.82) is 0 Å². The number of aliphatic hydroxyl groups is 1. The second-order valence-corrected chi connectivity index (χ2v) is 16.6. The summed E-state index contributed by atoms with van der Waals surface area (Å²) in [5, 5.41) is 11.0. The third-order valence-corrected chi connectivity index (χ3v) is 12.8. The molecular formula is C29H48O4Si. The highest BCUT2D eigenvalue weighted by atomic mass is 28.4. The normalized spacial score (nSPS) is 28.0. The molecule has 0 unspecified atom stereocenters. The topological polar surface area (TPSA) is 55.8 Å². The molecule has 0 bridgehead atoms. The van der Waals surface area contributed by atoms with Crippen LogP contribution in [-0.4, -0.2) is 38.7 Å². The van der Waals surface area contributed by atoms with Crippen molar-refractivity contribution in [3.63, 3.8) is 0 Å². The van der Waals surface area contributed by atoms with Gasteiger partial charge in [-0.15, -0.1) is 11.8 Å². The maximum absolute atomic E-state index is 11.3. The molecule has 192 valence electrons. The predicted octanol–water partition coefficient (Wildman–Crippen LogP) is 6.66. The third-order valence-electron chi connectivity index (χ3n) is 8.28. The highest BCUT2D eigenvalue weighted by Gasteiger charge is 2.45. The number of carbonyl (C=O) groups is 1. The molecule has 1 N–H and O–H groups in total. The van der Waals surface area contributed by atoms with Gasteiger partial charge in [-0.25, -0.2) is 0 Å². The molecule has 2 saturated carbocycles. The molecule has 0 aromatic carbocycles. The maximum Gasteiger partial charge on any atom is 0.305 e. The molecule has 0 aliphatic heterocycles. The minimum Gasteiger partial charge on any atom is -0.469 e. The van der Waals surface area contributed by atoms with Crippen LogP contribution < -0.4 is 0 Å². The maximum atomic E-state index is 11.3. The van der Waals surface area contributed by atoms with Gasteiger partial charge in [0.1, 0.15) is 0 Å². The first-order valence-electron chi connectivity index (χ1n) is 13.1. The minimum atomic E-state index is -1.93. The zero-order valence-electron chi connectivity index (χ0n) is 22.8. The number of allylic oxidation sites excluding steroid dienone is 2. The van der Waals surface area contributed by atoms with Crippen LogP contribution in [0.25, 0.3) is 0 Å². The number of rotatable bonds is 10. The molecule has 0 saturated heterocycles. The Labute approximate surface area is 209 Å². The monoisotopic (exact) mass is 488 g/mol. The van der Waals surface area contributed by atoms with E-state index in [0.717, 1.165) is 38.5 Å². The summed E-state index contributed by atoms with van der Waals surface area (Å²) in [4.78, 5) is 11.3. The van der Waals surface area contributed by atoms with Crippen molar-refractivity contribution in [3.05, 3.63) is 23.8 Å². The summed E-state index contributed by atoms with van der Waals surface area (Å²) in [6, 6.07) is 0. The fraction of sp³-hybridized carbons (Fsp3) is 0.759. The van der Waals surface area contributed by atoms with E-state index in [1.54, 1.807) is 0 Å². The largest absolute Gasteiger partial charge is 0.469 e. The number of methoxy groups -OCH3 is 1. The Hall–Kier alpha value is -1.35. The van der Waals surface area contributed by atoms with Crippen LogP contribution in [0.3, 0.4) is 0 Å². The second-order valence-electron chi connectivity index (χ2n) is 11.9. The van der Waals surface area contributed by atoms with Gasteiger partial charge in [-0.05, 0) is 74.9 Å². The number of aliphatic hydroxyl groups excluding tert-OH is 1. The SMILES string of the molecule is CC#CC[C@H](C)[C@@H](/C=C/[C@@H]1[C@H]2C/C(=C/CCCC(=O)OC)C[C@H]2C[C@H]1O)O[Si](C)(C)C(C)(C)C. The van der Waals surface area contributed by atoms with Gasteiger partial charge in [0.25, 0.3) is 0 Å². The number of hydrogen-bond acceptors (Lipinski definition) is 4. The van der Waals surface area contributed by atoms with Crippen LogP contribution in [0, 0.1) is 35.5 Å². The number of fused-ring (bicyclic) bond motifs is 1. The Morgan fingerprint density at radius 1 is 1.29 bits per heavy atom. The number of esters is 1. The molecule has 2 aliphatic carbocycles. The fourth-order valence-electron chi connectivity index (χ4n) is 5.07. The van der Waals surface area contributed by atoms with E-state index >= 15 is 0 Å². The molecule has 6 atom stereocenters. The molecule has 2 aliphatic rings. The molecule has 0 radical (unpaired) electrons. The Morgan fingerprint density at radius 2 is 2.00 bits per heavy atom. The van der Waals surface area contributed by atoms with Gasteiger partial charge in [-0.3, -0.25) is 4.79 Å². The van der Waals surface area contributed by atoms with Crippen molar-refractivity contribution in [2.24, 2.45) is 23.7 Å². The van der Waals surface area contributed by atoms with Gasteiger partial charge in [0.05, 0.1) is 19.3 Å². The van der Waals surface area contributed by atoms with E-state index in [-0.39, 0.29) is 29.1 Å². The molecule has 4 nitrogen and oxygen atoms in total. The van der Waals surface area contributed by atoms with Crippen LogP contribution in [0.2, 0.25) is 18.1 Å². The Kier molecular flexibility index (Phi) is 10.7. The number of unbranched alkanes of at least 4 members (excludes halogenated alkanes) is 1. The number of hydrogen-bond donors (Lipinski definition) is 1. The van der Waals surface area contributed by atoms with E-state index < -0.39 is 8.32 Å². The van der Waals surface area contributed by atoms with E-state index in [1.807, 2.05) is 6.92 Å². The molecule has 2 rings (SSSR count). The van der Waals surface area contributed by atoms with Gasteiger partial charge in [0.2, 0.25) is 0 Å². The average molecular weight is 489 g/mol. The second kappa shape index (κ2) is 12.6. The fourth-order valence-corrected chi connectivity index (χ4v) is 6.42. The molecule has 0 spiro atoms. The minimum absolute atomic E-state index is 0.0164. The highest BCUT2D eigenvalue weighted by molar-refractivity contribution is 6.74. The zero-order chi connectivity index (χ0) is 25.5. The first-order valence-corrected chi connectivity index (χ1v) is 16.0.